The third-order valence-electron chi connectivity index (χ3n) is 2.36. The van der Waals surface area contributed by atoms with E-state index in [9.17, 15) is 9.59 Å². The zero-order chi connectivity index (χ0) is 12.8. The molecule has 0 aliphatic rings. The lowest BCUT2D eigenvalue weighted by atomic mass is 9.96. The minimum absolute atomic E-state index is 0.0904. The molecule has 17 heavy (non-hydrogen) atoms. The van der Waals surface area contributed by atoms with Crippen LogP contribution in [0.1, 0.15) is 17.9 Å². The summed E-state index contributed by atoms with van der Waals surface area (Å²) in [5.74, 6) is -1.73. The fourth-order valence-electron chi connectivity index (χ4n) is 1.47. The van der Waals surface area contributed by atoms with Crippen molar-refractivity contribution < 1.29 is 19.1 Å². The van der Waals surface area contributed by atoms with Gasteiger partial charge in [-0.3, -0.25) is 9.59 Å². The standard InChI is InChI=1S/C12H13ClO4/c1-16-11(14)7-9(12(15)17-2)8-5-3-4-6-10(8)13/h3-6,9H,7H2,1-2H3/t9-/m0/s1. The molecule has 0 saturated carbocycles. The maximum Gasteiger partial charge on any atom is 0.313 e. The lowest BCUT2D eigenvalue weighted by Gasteiger charge is -2.14. The second kappa shape index (κ2) is 6.25. The molecule has 0 bridgehead atoms. The van der Waals surface area contributed by atoms with E-state index in [2.05, 4.69) is 9.47 Å². The molecule has 0 fully saturated rings. The number of hydrogen-bond acceptors (Lipinski definition) is 4. The van der Waals surface area contributed by atoms with Crippen LogP contribution in [0.15, 0.2) is 24.3 Å². The van der Waals surface area contributed by atoms with E-state index < -0.39 is 17.9 Å². The normalized spacial score (nSPS) is 11.7. The summed E-state index contributed by atoms with van der Waals surface area (Å²) in [6.45, 7) is 0. The Morgan fingerprint density at radius 2 is 1.88 bits per heavy atom. The topological polar surface area (TPSA) is 52.6 Å². The second-order valence-corrected chi connectivity index (χ2v) is 3.78. The minimum atomic E-state index is -0.735. The fraction of sp³-hybridized carbons (Fsp3) is 0.333. The van der Waals surface area contributed by atoms with E-state index in [1.54, 1.807) is 24.3 Å². The molecule has 0 aliphatic carbocycles. The highest BCUT2D eigenvalue weighted by molar-refractivity contribution is 6.31. The average Bonchev–Trinajstić information content (AvgIpc) is 2.35. The zero-order valence-electron chi connectivity index (χ0n) is 9.60. The molecule has 0 spiro atoms. The molecular formula is C12H13ClO4. The van der Waals surface area contributed by atoms with Gasteiger partial charge in [0.15, 0.2) is 0 Å². The van der Waals surface area contributed by atoms with Crippen molar-refractivity contribution >= 4 is 23.5 Å². The van der Waals surface area contributed by atoms with Crippen LogP contribution in [0.2, 0.25) is 5.02 Å². The molecule has 0 saturated heterocycles. The van der Waals surface area contributed by atoms with Crippen LogP contribution in [0.3, 0.4) is 0 Å². The van der Waals surface area contributed by atoms with Crippen LogP contribution >= 0.6 is 11.6 Å². The molecule has 0 heterocycles. The van der Waals surface area contributed by atoms with Gasteiger partial charge in [0, 0.05) is 5.02 Å². The number of benzene rings is 1. The van der Waals surface area contributed by atoms with E-state index in [1.807, 2.05) is 0 Å². The van der Waals surface area contributed by atoms with Crippen molar-refractivity contribution in [2.75, 3.05) is 14.2 Å². The quantitative estimate of drug-likeness (QED) is 0.775. The SMILES string of the molecule is COC(=O)C[C@H](C(=O)OC)c1ccccc1Cl. The fourth-order valence-corrected chi connectivity index (χ4v) is 1.74. The van der Waals surface area contributed by atoms with Gasteiger partial charge < -0.3 is 9.47 Å². The molecule has 0 aromatic heterocycles. The summed E-state index contributed by atoms with van der Waals surface area (Å²) in [4.78, 5) is 22.9. The Labute approximate surface area is 104 Å². The maximum absolute atomic E-state index is 11.6. The first-order chi connectivity index (χ1) is 8.10. The smallest absolute Gasteiger partial charge is 0.313 e. The molecule has 0 amide bonds. The molecule has 1 aromatic carbocycles. The van der Waals surface area contributed by atoms with Gasteiger partial charge in [-0.05, 0) is 11.6 Å². The van der Waals surface area contributed by atoms with Gasteiger partial charge in [-0.1, -0.05) is 29.8 Å². The van der Waals surface area contributed by atoms with E-state index in [4.69, 9.17) is 11.6 Å². The third kappa shape index (κ3) is 3.46. The van der Waals surface area contributed by atoms with Gasteiger partial charge in [-0.2, -0.15) is 0 Å². The Balaban J connectivity index is 3.02. The molecule has 1 atom stereocenters. The Morgan fingerprint density at radius 3 is 2.41 bits per heavy atom. The highest BCUT2D eigenvalue weighted by Crippen LogP contribution is 2.28. The summed E-state index contributed by atoms with van der Waals surface area (Å²) in [7, 11) is 2.53. The minimum Gasteiger partial charge on any atom is -0.469 e. The summed E-state index contributed by atoms with van der Waals surface area (Å²) in [6, 6.07) is 6.84. The summed E-state index contributed by atoms with van der Waals surface area (Å²) >= 11 is 5.99. The van der Waals surface area contributed by atoms with Crippen LogP contribution in [-0.4, -0.2) is 26.2 Å². The molecule has 0 radical (unpaired) electrons. The van der Waals surface area contributed by atoms with E-state index >= 15 is 0 Å². The highest BCUT2D eigenvalue weighted by Gasteiger charge is 2.26. The lowest BCUT2D eigenvalue weighted by molar-refractivity contribution is -0.149. The zero-order valence-corrected chi connectivity index (χ0v) is 10.4. The number of carbonyl (C=O) groups is 2. The van der Waals surface area contributed by atoms with Crippen LogP contribution in [0.4, 0.5) is 0 Å². The van der Waals surface area contributed by atoms with Gasteiger partial charge in [-0.15, -0.1) is 0 Å². The number of methoxy groups -OCH3 is 2. The maximum atomic E-state index is 11.6. The summed E-state index contributed by atoms with van der Waals surface area (Å²) in [5.41, 5.74) is 0.561. The van der Waals surface area contributed by atoms with Crippen molar-refractivity contribution in [2.45, 2.75) is 12.3 Å². The van der Waals surface area contributed by atoms with E-state index in [-0.39, 0.29) is 6.42 Å². The molecular weight excluding hydrogens is 244 g/mol. The van der Waals surface area contributed by atoms with E-state index in [1.165, 1.54) is 14.2 Å². The van der Waals surface area contributed by atoms with Crippen LogP contribution < -0.4 is 0 Å². The summed E-state index contributed by atoms with van der Waals surface area (Å²) in [5, 5.41) is 0.423. The molecule has 5 heteroatoms. The predicted octanol–water partition coefficient (Wildman–Crippen LogP) is 2.16. The number of hydrogen-bond donors (Lipinski definition) is 0. The van der Waals surface area contributed by atoms with Gasteiger partial charge in [0.25, 0.3) is 0 Å². The third-order valence-corrected chi connectivity index (χ3v) is 2.71. The second-order valence-electron chi connectivity index (χ2n) is 3.38. The Hall–Kier alpha value is -1.55. The molecule has 0 N–H and O–H groups in total. The van der Waals surface area contributed by atoms with Crippen molar-refractivity contribution in [1.82, 2.24) is 0 Å². The summed E-state index contributed by atoms with van der Waals surface area (Å²) < 4.78 is 9.21. The van der Waals surface area contributed by atoms with Crippen LogP contribution in [0, 0.1) is 0 Å². The largest absolute Gasteiger partial charge is 0.469 e. The Kier molecular flexibility index (Phi) is 4.97. The highest BCUT2D eigenvalue weighted by atomic mass is 35.5. The van der Waals surface area contributed by atoms with Crippen molar-refractivity contribution in [1.29, 1.82) is 0 Å². The van der Waals surface area contributed by atoms with Gasteiger partial charge in [-0.25, -0.2) is 0 Å². The van der Waals surface area contributed by atoms with E-state index in [0.29, 0.717) is 10.6 Å². The molecule has 1 aromatic rings. The van der Waals surface area contributed by atoms with Gasteiger partial charge in [0.2, 0.25) is 0 Å². The van der Waals surface area contributed by atoms with Crippen molar-refractivity contribution in [2.24, 2.45) is 0 Å². The first kappa shape index (κ1) is 13.5. The van der Waals surface area contributed by atoms with Gasteiger partial charge in [0.1, 0.15) is 0 Å². The first-order valence-corrected chi connectivity index (χ1v) is 5.37. The number of carbonyl (C=O) groups excluding carboxylic acids is 2. The molecule has 92 valence electrons. The van der Waals surface area contributed by atoms with Gasteiger partial charge >= 0.3 is 11.9 Å². The number of esters is 2. The van der Waals surface area contributed by atoms with Crippen molar-refractivity contribution in [3.8, 4) is 0 Å². The predicted molar refractivity (Wildman–Crippen MR) is 62.8 cm³/mol. The Morgan fingerprint density at radius 1 is 1.24 bits per heavy atom. The molecule has 1 rings (SSSR count). The van der Waals surface area contributed by atoms with E-state index in [0.717, 1.165) is 0 Å². The number of halogens is 1. The first-order valence-electron chi connectivity index (χ1n) is 4.99. The van der Waals surface area contributed by atoms with Crippen molar-refractivity contribution in [3.63, 3.8) is 0 Å². The average molecular weight is 257 g/mol. The lowest BCUT2D eigenvalue weighted by Crippen LogP contribution is -2.19. The van der Waals surface area contributed by atoms with Gasteiger partial charge in [0.05, 0.1) is 26.6 Å². The van der Waals surface area contributed by atoms with Crippen LogP contribution in [-0.2, 0) is 19.1 Å². The molecule has 0 unspecified atom stereocenters. The Bertz CT molecular complexity index is 417. The van der Waals surface area contributed by atoms with Crippen molar-refractivity contribution in [3.05, 3.63) is 34.9 Å². The van der Waals surface area contributed by atoms with Crippen LogP contribution in [0.25, 0.3) is 0 Å². The summed E-state index contributed by atoms with van der Waals surface area (Å²) in [6.07, 6.45) is -0.0904. The van der Waals surface area contributed by atoms with Crippen LogP contribution in [0.5, 0.6) is 0 Å². The number of rotatable bonds is 4. The molecule has 0 aliphatic heterocycles. The monoisotopic (exact) mass is 256 g/mol. The number of ether oxygens (including phenoxy) is 2. The molecule has 4 nitrogen and oxygen atoms in total.